The van der Waals surface area contributed by atoms with Crippen LogP contribution in [0.4, 0.5) is 0 Å². The average molecular weight is 320 g/mol. The Morgan fingerprint density at radius 3 is 2.55 bits per heavy atom. The molecule has 4 heteroatoms. The van der Waals surface area contributed by atoms with Gasteiger partial charge in [0.1, 0.15) is 12.4 Å². The lowest BCUT2D eigenvalue weighted by Crippen LogP contribution is -2.15. The Bertz CT molecular complexity index is 560. The SMILES string of the molecule is OCCCCNCc1ccc(OCc2ccccc2)c(Cl)c1. The lowest BCUT2D eigenvalue weighted by Gasteiger charge is -2.10. The highest BCUT2D eigenvalue weighted by atomic mass is 35.5. The molecule has 0 fully saturated rings. The lowest BCUT2D eigenvalue weighted by atomic mass is 10.2. The van der Waals surface area contributed by atoms with Gasteiger partial charge in [-0.15, -0.1) is 0 Å². The van der Waals surface area contributed by atoms with Gasteiger partial charge in [-0.3, -0.25) is 0 Å². The average Bonchev–Trinajstić information content (AvgIpc) is 2.55. The zero-order valence-corrected chi connectivity index (χ0v) is 13.4. The fourth-order valence-electron chi connectivity index (χ4n) is 2.10. The predicted octanol–water partition coefficient (Wildman–Crippen LogP) is 3.78. The summed E-state index contributed by atoms with van der Waals surface area (Å²) in [7, 11) is 0. The third-order valence-corrected chi connectivity index (χ3v) is 3.62. The minimum absolute atomic E-state index is 0.251. The summed E-state index contributed by atoms with van der Waals surface area (Å²) < 4.78 is 5.76. The predicted molar refractivity (Wildman–Crippen MR) is 90.3 cm³/mol. The van der Waals surface area contributed by atoms with Gasteiger partial charge in [0.15, 0.2) is 0 Å². The molecule has 0 bridgehead atoms. The van der Waals surface area contributed by atoms with E-state index in [9.17, 15) is 0 Å². The van der Waals surface area contributed by atoms with Gasteiger partial charge in [-0.2, -0.15) is 0 Å². The van der Waals surface area contributed by atoms with Gasteiger partial charge < -0.3 is 15.2 Å². The zero-order valence-electron chi connectivity index (χ0n) is 12.6. The van der Waals surface area contributed by atoms with Gasteiger partial charge in [0.05, 0.1) is 5.02 Å². The van der Waals surface area contributed by atoms with E-state index in [1.807, 2.05) is 48.5 Å². The van der Waals surface area contributed by atoms with Gasteiger partial charge in [0.2, 0.25) is 0 Å². The Kier molecular flexibility index (Phi) is 7.23. The molecular weight excluding hydrogens is 298 g/mol. The molecule has 0 aromatic heterocycles. The van der Waals surface area contributed by atoms with Crippen LogP contribution in [0.2, 0.25) is 5.02 Å². The maximum Gasteiger partial charge on any atom is 0.138 e. The van der Waals surface area contributed by atoms with E-state index in [2.05, 4.69) is 5.32 Å². The summed E-state index contributed by atoms with van der Waals surface area (Å²) in [6, 6.07) is 15.9. The van der Waals surface area contributed by atoms with Crippen LogP contribution in [0.3, 0.4) is 0 Å². The molecule has 0 atom stereocenters. The largest absolute Gasteiger partial charge is 0.487 e. The molecule has 2 rings (SSSR count). The number of ether oxygens (including phenoxy) is 1. The van der Waals surface area contributed by atoms with E-state index in [1.54, 1.807) is 0 Å². The number of hydrogen-bond acceptors (Lipinski definition) is 3. The van der Waals surface area contributed by atoms with E-state index in [0.29, 0.717) is 17.4 Å². The lowest BCUT2D eigenvalue weighted by molar-refractivity contribution is 0.283. The van der Waals surface area contributed by atoms with Crippen molar-refractivity contribution < 1.29 is 9.84 Å². The van der Waals surface area contributed by atoms with Crippen LogP contribution >= 0.6 is 11.6 Å². The smallest absolute Gasteiger partial charge is 0.138 e. The van der Waals surface area contributed by atoms with Crippen LogP contribution in [0, 0.1) is 0 Å². The van der Waals surface area contributed by atoms with Crippen molar-refractivity contribution in [3.63, 3.8) is 0 Å². The number of halogens is 1. The van der Waals surface area contributed by atoms with Crippen LogP contribution in [-0.2, 0) is 13.2 Å². The molecule has 2 aromatic carbocycles. The second kappa shape index (κ2) is 9.46. The summed E-state index contributed by atoms with van der Waals surface area (Å²) in [6.45, 7) is 2.43. The normalized spacial score (nSPS) is 10.6. The second-order valence-corrected chi connectivity index (χ2v) is 5.55. The molecule has 3 nitrogen and oxygen atoms in total. The van der Waals surface area contributed by atoms with E-state index < -0.39 is 0 Å². The highest BCUT2D eigenvalue weighted by molar-refractivity contribution is 6.32. The van der Waals surface area contributed by atoms with Gasteiger partial charge in [-0.1, -0.05) is 48.0 Å². The molecule has 22 heavy (non-hydrogen) atoms. The van der Waals surface area contributed by atoms with Crippen molar-refractivity contribution in [3.8, 4) is 5.75 Å². The monoisotopic (exact) mass is 319 g/mol. The van der Waals surface area contributed by atoms with Crippen molar-refractivity contribution in [1.29, 1.82) is 0 Å². The van der Waals surface area contributed by atoms with Gasteiger partial charge >= 0.3 is 0 Å². The fourth-order valence-corrected chi connectivity index (χ4v) is 2.36. The van der Waals surface area contributed by atoms with Crippen LogP contribution in [0.25, 0.3) is 0 Å². The van der Waals surface area contributed by atoms with E-state index in [4.69, 9.17) is 21.4 Å². The number of hydrogen-bond donors (Lipinski definition) is 2. The molecule has 0 aliphatic rings. The van der Waals surface area contributed by atoms with E-state index in [0.717, 1.165) is 37.1 Å². The molecule has 0 heterocycles. The molecule has 0 saturated heterocycles. The fraction of sp³-hybridized carbons (Fsp3) is 0.333. The standard InChI is InChI=1S/C18H22ClNO2/c19-17-12-16(13-20-10-4-5-11-21)8-9-18(17)22-14-15-6-2-1-3-7-15/h1-3,6-9,12,20-21H,4-5,10-11,13-14H2. The first kappa shape index (κ1) is 16.8. The van der Waals surface area contributed by atoms with E-state index in [-0.39, 0.29) is 6.61 Å². The Balaban J connectivity index is 1.81. The number of rotatable bonds is 9. The molecule has 118 valence electrons. The molecule has 0 spiro atoms. The van der Waals surface area contributed by atoms with Gasteiger partial charge in [-0.05, 0) is 42.6 Å². The highest BCUT2D eigenvalue weighted by Gasteiger charge is 2.04. The second-order valence-electron chi connectivity index (χ2n) is 5.15. The Hall–Kier alpha value is -1.55. The van der Waals surface area contributed by atoms with Gasteiger partial charge in [-0.25, -0.2) is 0 Å². The summed E-state index contributed by atoms with van der Waals surface area (Å²) in [5.41, 5.74) is 2.24. The number of aliphatic hydroxyl groups is 1. The quantitative estimate of drug-likeness (QED) is 0.691. The summed E-state index contributed by atoms with van der Waals surface area (Å²) in [4.78, 5) is 0. The maximum absolute atomic E-state index is 8.72. The summed E-state index contributed by atoms with van der Waals surface area (Å²) in [5.74, 6) is 0.703. The summed E-state index contributed by atoms with van der Waals surface area (Å²) in [6.07, 6.45) is 1.81. The molecule has 0 radical (unpaired) electrons. The molecule has 2 N–H and O–H groups in total. The third kappa shape index (κ3) is 5.68. The van der Waals surface area contributed by atoms with E-state index >= 15 is 0 Å². The minimum atomic E-state index is 0.251. The molecule has 0 saturated carbocycles. The summed E-state index contributed by atoms with van der Waals surface area (Å²) in [5, 5.41) is 12.7. The summed E-state index contributed by atoms with van der Waals surface area (Å²) >= 11 is 6.27. The molecule has 0 aliphatic carbocycles. The molecule has 0 amide bonds. The number of benzene rings is 2. The number of unbranched alkanes of at least 4 members (excludes halogenated alkanes) is 1. The highest BCUT2D eigenvalue weighted by Crippen LogP contribution is 2.26. The zero-order chi connectivity index (χ0) is 15.6. The van der Waals surface area contributed by atoms with Crippen LogP contribution in [0.1, 0.15) is 24.0 Å². The first-order chi connectivity index (χ1) is 10.8. The molecular formula is C18H22ClNO2. The minimum Gasteiger partial charge on any atom is -0.487 e. The Morgan fingerprint density at radius 2 is 1.82 bits per heavy atom. The van der Waals surface area contributed by atoms with Crippen molar-refractivity contribution in [2.75, 3.05) is 13.2 Å². The molecule has 2 aromatic rings. The van der Waals surface area contributed by atoms with Crippen molar-refractivity contribution >= 4 is 11.6 Å². The van der Waals surface area contributed by atoms with Gasteiger partial charge in [0.25, 0.3) is 0 Å². The number of nitrogens with one attached hydrogen (secondary N) is 1. The topological polar surface area (TPSA) is 41.5 Å². The van der Waals surface area contributed by atoms with Crippen LogP contribution < -0.4 is 10.1 Å². The molecule has 0 unspecified atom stereocenters. The van der Waals surface area contributed by atoms with Gasteiger partial charge in [0, 0.05) is 13.2 Å². The van der Waals surface area contributed by atoms with Crippen molar-refractivity contribution in [2.45, 2.75) is 26.0 Å². The Labute approximate surface area is 136 Å². The third-order valence-electron chi connectivity index (χ3n) is 3.32. The van der Waals surface area contributed by atoms with Crippen LogP contribution in [0.5, 0.6) is 5.75 Å². The van der Waals surface area contributed by atoms with Crippen molar-refractivity contribution in [3.05, 3.63) is 64.7 Å². The van der Waals surface area contributed by atoms with E-state index in [1.165, 1.54) is 0 Å². The molecule has 0 aliphatic heterocycles. The first-order valence-electron chi connectivity index (χ1n) is 7.56. The number of aliphatic hydroxyl groups excluding tert-OH is 1. The maximum atomic E-state index is 8.72. The van der Waals surface area contributed by atoms with Crippen molar-refractivity contribution in [2.24, 2.45) is 0 Å². The van der Waals surface area contributed by atoms with Crippen LogP contribution in [0.15, 0.2) is 48.5 Å². The Morgan fingerprint density at radius 1 is 1.00 bits per heavy atom. The van der Waals surface area contributed by atoms with Crippen LogP contribution in [-0.4, -0.2) is 18.3 Å². The first-order valence-corrected chi connectivity index (χ1v) is 7.94. The van der Waals surface area contributed by atoms with Crippen molar-refractivity contribution in [1.82, 2.24) is 5.32 Å².